The molecule has 8 nitrogen and oxygen atoms in total. The number of carbonyl (C=O) groups is 4. The van der Waals surface area contributed by atoms with Gasteiger partial charge in [0.05, 0.1) is 5.69 Å². The van der Waals surface area contributed by atoms with E-state index in [2.05, 4.69) is 10.1 Å². The van der Waals surface area contributed by atoms with Crippen molar-refractivity contribution in [3.8, 4) is 5.75 Å². The van der Waals surface area contributed by atoms with Crippen LogP contribution in [0.1, 0.15) is 52.0 Å². The summed E-state index contributed by atoms with van der Waals surface area (Å²) in [7, 11) is 0. The number of nitrogens with zero attached hydrogens (tertiary/aromatic N) is 1. The molecule has 0 aliphatic carbocycles. The molecule has 2 aliphatic rings. The maximum Gasteiger partial charge on any atom is 0.310 e. The van der Waals surface area contributed by atoms with E-state index < -0.39 is 23.9 Å². The number of halogens is 1. The second-order valence-corrected chi connectivity index (χ2v) is 7.02. The quantitative estimate of drug-likeness (QED) is 0.565. The molecular formula is C20H25FN2O6. The molecule has 1 aromatic rings. The zero-order valence-electron chi connectivity index (χ0n) is 16.9. The van der Waals surface area contributed by atoms with Crippen LogP contribution >= 0.6 is 0 Å². The highest BCUT2D eigenvalue weighted by Gasteiger charge is 2.29. The lowest BCUT2D eigenvalue weighted by Gasteiger charge is -2.33. The van der Waals surface area contributed by atoms with Gasteiger partial charge in [0.1, 0.15) is 0 Å². The summed E-state index contributed by atoms with van der Waals surface area (Å²) in [4.78, 5) is 44.6. The average molecular weight is 408 g/mol. The van der Waals surface area contributed by atoms with Gasteiger partial charge in [-0.15, -0.1) is 0 Å². The van der Waals surface area contributed by atoms with Crippen LogP contribution in [0.2, 0.25) is 0 Å². The Morgan fingerprint density at radius 3 is 2.41 bits per heavy atom. The lowest BCUT2D eigenvalue weighted by Crippen LogP contribution is -2.38. The first kappa shape index (κ1) is 22.3. The Labute approximate surface area is 168 Å². The molecule has 1 aromatic carbocycles. The topological polar surface area (TPSA) is 102 Å². The minimum Gasteiger partial charge on any atom is -0.476 e. The molecule has 9 heteroatoms. The second kappa shape index (κ2) is 9.49. The summed E-state index contributed by atoms with van der Waals surface area (Å²) in [6.07, 6.45) is 1.09. The van der Waals surface area contributed by atoms with Crippen molar-refractivity contribution in [1.82, 2.24) is 4.90 Å². The molecule has 2 amide bonds. The molecule has 0 spiro atoms. The number of anilines is 1. The normalized spacial score (nSPS) is 20.3. The maximum absolute atomic E-state index is 14.3. The Morgan fingerprint density at radius 1 is 1.21 bits per heavy atom. The number of fused-ring (bicyclic) bond motifs is 1. The SMILES string of the molecule is CC(=O)N1CCCC(c2cc(F)c3c(c2)NC(=O)[C@@H](C)O3)C1.CC(=O)OC(C)=O. The van der Waals surface area contributed by atoms with Crippen molar-refractivity contribution in [2.45, 2.75) is 52.6 Å². The standard InChI is InChI=1S/C16H19FN2O3.C4H6O3/c1-9-16(21)18-14-7-12(6-13(17)15(14)22-9)11-4-3-5-19(8-11)10(2)20;1-3(5)7-4(2)6/h6-7,9,11H,3-5,8H2,1-2H3,(H,18,21);1-2H3/t9-,11?;/m1./s1. The summed E-state index contributed by atoms with van der Waals surface area (Å²) < 4.78 is 23.6. The maximum atomic E-state index is 14.3. The molecule has 1 unspecified atom stereocenters. The van der Waals surface area contributed by atoms with Gasteiger partial charge in [0.2, 0.25) is 5.91 Å². The summed E-state index contributed by atoms with van der Waals surface area (Å²) in [5.74, 6) is -1.67. The highest BCUT2D eigenvalue weighted by atomic mass is 19.1. The minimum absolute atomic E-state index is 0.0357. The fourth-order valence-corrected chi connectivity index (χ4v) is 3.27. The molecule has 1 fully saturated rings. The molecule has 0 bridgehead atoms. The fraction of sp³-hybridized carbons (Fsp3) is 0.500. The number of esters is 2. The number of hydrogen-bond donors (Lipinski definition) is 1. The third-order valence-electron chi connectivity index (χ3n) is 4.61. The van der Waals surface area contributed by atoms with Crippen LogP contribution < -0.4 is 10.1 Å². The van der Waals surface area contributed by atoms with E-state index in [1.54, 1.807) is 24.8 Å². The van der Waals surface area contributed by atoms with Gasteiger partial charge in [0.15, 0.2) is 17.7 Å². The molecule has 2 heterocycles. The summed E-state index contributed by atoms with van der Waals surface area (Å²) in [6.45, 7) is 6.82. The van der Waals surface area contributed by atoms with Crippen LogP contribution in [0.5, 0.6) is 5.75 Å². The second-order valence-electron chi connectivity index (χ2n) is 7.02. The van der Waals surface area contributed by atoms with Crippen molar-refractivity contribution < 1.29 is 33.0 Å². The number of amides is 2. The zero-order valence-corrected chi connectivity index (χ0v) is 16.9. The van der Waals surface area contributed by atoms with Gasteiger partial charge in [-0.2, -0.15) is 0 Å². The Bertz CT molecular complexity index is 813. The van der Waals surface area contributed by atoms with Crippen molar-refractivity contribution in [2.75, 3.05) is 18.4 Å². The third kappa shape index (κ3) is 6.00. The van der Waals surface area contributed by atoms with Crippen molar-refractivity contribution >= 4 is 29.4 Å². The number of likely N-dealkylation sites (tertiary alicyclic amines) is 1. The Kier molecular flexibility index (Phi) is 7.30. The minimum atomic E-state index is -0.698. The molecule has 2 aliphatic heterocycles. The van der Waals surface area contributed by atoms with E-state index in [9.17, 15) is 23.6 Å². The van der Waals surface area contributed by atoms with Crippen LogP contribution in [0.3, 0.4) is 0 Å². The van der Waals surface area contributed by atoms with E-state index in [-0.39, 0.29) is 23.5 Å². The predicted molar refractivity (Wildman–Crippen MR) is 102 cm³/mol. The summed E-state index contributed by atoms with van der Waals surface area (Å²) >= 11 is 0. The molecular weight excluding hydrogens is 383 g/mol. The molecule has 1 N–H and O–H groups in total. The summed E-state index contributed by atoms with van der Waals surface area (Å²) in [5.41, 5.74) is 1.17. The van der Waals surface area contributed by atoms with E-state index in [0.29, 0.717) is 12.2 Å². The zero-order chi connectivity index (χ0) is 21.7. The van der Waals surface area contributed by atoms with Crippen molar-refractivity contribution in [3.05, 3.63) is 23.5 Å². The molecule has 0 aromatic heterocycles. The van der Waals surface area contributed by atoms with E-state index in [1.807, 2.05) is 0 Å². The van der Waals surface area contributed by atoms with E-state index >= 15 is 0 Å². The number of nitrogens with one attached hydrogen (secondary N) is 1. The van der Waals surface area contributed by atoms with Crippen LogP contribution in [0.15, 0.2) is 12.1 Å². The molecule has 158 valence electrons. The van der Waals surface area contributed by atoms with E-state index in [0.717, 1.165) is 24.9 Å². The van der Waals surface area contributed by atoms with Crippen LogP contribution in [-0.2, 0) is 23.9 Å². The Morgan fingerprint density at radius 2 is 1.86 bits per heavy atom. The number of hydrogen-bond acceptors (Lipinski definition) is 6. The number of piperidine rings is 1. The van der Waals surface area contributed by atoms with Crippen molar-refractivity contribution in [1.29, 1.82) is 0 Å². The molecule has 29 heavy (non-hydrogen) atoms. The molecule has 0 radical (unpaired) electrons. The third-order valence-corrected chi connectivity index (χ3v) is 4.61. The van der Waals surface area contributed by atoms with Gasteiger partial charge in [-0.3, -0.25) is 19.2 Å². The fourth-order valence-electron chi connectivity index (χ4n) is 3.27. The van der Waals surface area contributed by atoms with Gasteiger partial charge in [-0.25, -0.2) is 4.39 Å². The number of carbonyl (C=O) groups excluding carboxylic acids is 4. The summed E-state index contributed by atoms with van der Waals surface area (Å²) in [6, 6.07) is 3.22. The first-order chi connectivity index (χ1) is 13.6. The van der Waals surface area contributed by atoms with Gasteiger partial charge in [0, 0.05) is 39.8 Å². The number of benzene rings is 1. The number of ether oxygens (including phenoxy) is 2. The molecule has 0 saturated carbocycles. The van der Waals surface area contributed by atoms with Gasteiger partial charge in [-0.05, 0) is 37.5 Å². The van der Waals surface area contributed by atoms with Crippen molar-refractivity contribution in [3.63, 3.8) is 0 Å². The van der Waals surface area contributed by atoms with Crippen molar-refractivity contribution in [2.24, 2.45) is 0 Å². The van der Waals surface area contributed by atoms with Crippen LogP contribution in [0.25, 0.3) is 0 Å². The lowest BCUT2D eigenvalue weighted by atomic mass is 9.90. The Balaban J connectivity index is 0.000000370. The van der Waals surface area contributed by atoms with Crippen LogP contribution in [-0.4, -0.2) is 47.8 Å². The lowest BCUT2D eigenvalue weighted by molar-refractivity contribution is -0.156. The van der Waals surface area contributed by atoms with E-state index in [4.69, 9.17) is 4.74 Å². The monoisotopic (exact) mass is 408 g/mol. The summed E-state index contributed by atoms with van der Waals surface area (Å²) in [5, 5.41) is 2.68. The van der Waals surface area contributed by atoms with Gasteiger partial charge in [0.25, 0.3) is 5.91 Å². The van der Waals surface area contributed by atoms with Crippen LogP contribution in [0.4, 0.5) is 10.1 Å². The number of rotatable bonds is 1. The molecule has 2 atom stereocenters. The smallest absolute Gasteiger partial charge is 0.310 e. The predicted octanol–water partition coefficient (Wildman–Crippen LogP) is 2.37. The largest absolute Gasteiger partial charge is 0.476 e. The highest BCUT2D eigenvalue weighted by Crippen LogP contribution is 2.37. The van der Waals surface area contributed by atoms with E-state index in [1.165, 1.54) is 19.9 Å². The van der Waals surface area contributed by atoms with Gasteiger partial charge >= 0.3 is 11.9 Å². The molecule has 3 rings (SSSR count). The molecule has 1 saturated heterocycles. The van der Waals surface area contributed by atoms with Gasteiger partial charge in [-0.1, -0.05) is 0 Å². The highest BCUT2D eigenvalue weighted by molar-refractivity contribution is 5.97. The first-order valence-corrected chi connectivity index (χ1v) is 9.34. The van der Waals surface area contributed by atoms with Crippen LogP contribution in [0, 0.1) is 5.82 Å². The van der Waals surface area contributed by atoms with Gasteiger partial charge < -0.3 is 19.7 Å². The first-order valence-electron chi connectivity index (χ1n) is 9.34. The average Bonchev–Trinajstić information content (AvgIpc) is 2.62. The Hall–Kier alpha value is -2.97.